The smallest absolute Gasteiger partial charge is 0.180 e. The fourth-order valence-electron chi connectivity index (χ4n) is 0.793. The van der Waals surface area contributed by atoms with Gasteiger partial charge in [-0.25, -0.2) is 0 Å². The molecule has 0 saturated heterocycles. The first-order valence-electron chi connectivity index (χ1n) is 4.07. The lowest BCUT2D eigenvalue weighted by molar-refractivity contribution is 1.20. The quantitative estimate of drug-likeness (QED) is 0.455. The fraction of sp³-hybridized carbons (Fsp3) is 0.222. The molecule has 1 heterocycles. The minimum absolute atomic E-state index is 0.445. The van der Waals surface area contributed by atoms with Gasteiger partial charge in [0.25, 0.3) is 0 Å². The van der Waals surface area contributed by atoms with Crippen molar-refractivity contribution >= 4 is 22.6 Å². The molecule has 0 radical (unpaired) electrons. The van der Waals surface area contributed by atoms with E-state index in [4.69, 9.17) is 5.73 Å². The highest BCUT2D eigenvalue weighted by Gasteiger charge is 1.96. The summed E-state index contributed by atoms with van der Waals surface area (Å²) in [4.78, 5) is 4.13. The Morgan fingerprint density at radius 2 is 2.21 bits per heavy atom. The second kappa shape index (κ2) is 5.39. The van der Waals surface area contributed by atoms with Crippen LogP contribution in [-0.4, -0.2) is 22.1 Å². The van der Waals surface area contributed by atoms with Crippen molar-refractivity contribution in [2.45, 2.75) is 6.92 Å². The fourth-order valence-corrected chi connectivity index (χ4v) is 0.916. The highest BCUT2D eigenvalue weighted by atomic mass is 32.2. The van der Waals surface area contributed by atoms with Crippen molar-refractivity contribution in [2.75, 3.05) is 6.26 Å². The molecule has 0 saturated carbocycles. The van der Waals surface area contributed by atoms with Crippen LogP contribution in [0.3, 0.4) is 0 Å². The lowest BCUT2D eigenvalue weighted by Crippen LogP contribution is -2.05. The standard InChI is InChI=1S/C9H12N4S/c1-7(12-13-9(10)14-2)8-5-3-4-6-11-8/h3-6H,1-2H3,(H2,10,13)/b12-7+. The third-order valence-corrected chi connectivity index (χ3v) is 2.04. The van der Waals surface area contributed by atoms with Crippen LogP contribution in [0.4, 0.5) is 0 Å². The van der Waals surface area contributed by atoms with Gasteiger partial charge in [-0.2, -0.15) is 5.10 Å². The van der Waals surface area contributed by atoms with E-state index in [2.05, 4.69) is 15.2 Å². The summed E-state index contributed by atoms with van der Waals surface area (Å²) in [6.07, 6.45) is 3.57. The van der Waals surface area contributed by atoms with Gasteiger partial charge < -0.3 is 5.73 Å². The Labute approximate surface area is 87.3 Å². The Balaban J connectivity index is 2.81. The van der Waals surface area contributed by atoms with E-state index in [1.807, 2.05) is 31.4 Å². The molecule has 1 rings (SSSR count). The van der Waals surface area contributed by atoms with Crippen LogP contribution in [0.2, 0.25) is 0 Å². The zero-order valence-corrected chi connectivity index (χ0v) is 8.95. The summed E-state index contributed by atoms with van der Waals surface area (Å²) in [5.41, 5.74) is 7.05. The summed E-state index contributed by atoms with van der Waals surface area (Å²) in [7, 11) is 0. The highest BCUT2D eigenvalue weighted by Crippen LogP contribution is 1.98. The molecule has 74 valence electrons. The lowest BCUT2D eigenvalue weighted by atomic mass is 10.3. The molecular weight excluding hydrogens is 196 g/mol. The zero-order chi connectivity index (χ0) is 10.4. The number of pyridine rings is 1. The first-order chi connectivity index (χ1) is 6.74. The number of aromatic nitrogens is 1. The van der Waals surface area contributed by atoms with E-state index < -0.39 is 0 Å². The van der Waals surface area contributed by atoms with Gasteiger partial charge in [-0.15, -0.1) is 5.10 Å². The normalized spacial score (nSPS) is 13.0. The van der Waals surface area contributed by atoms with Crippen LogP contribution in [0.25, 0.3) is 0 Å². The second-order valence-corrected chi connectivity index (χ2v) is 3.37. The summed E-state index contributed by atoms with van der Waals surface area (Å²) in [5, 5.41) is 8.23. The van der Waals surface area contributed by atoms with E-state index in [0.717, 1.165) is 11.4 Å². The molecule has 2 N–H and O–H groups in total. The van der Waals surface area contributed by atoms with Crippen molar-refractivity contribution in [1.82, 2.24) is 4.98 Å². The Morgan fingerprint density at radius 1 is 1.43 bits per heavy atom. The maximum atomic E-state index is 5.48. The predicted molar refractivity (Wildman–Crippen MR) is 61.6 cm³/mol. The van der Waals surface area contributed by atoms with Crippen LogP contribution in [0.15, 0.2) is 34.6 Å². The molecule has 0 unspecified atom stereocenters. The van der Waals surface area contributed by atoms with E-state index in [0.29, 0.717) is 5.17 Å². The van der Waals surface area contributed by atoms with Gasteiger partial charge in [0.1, 0.15) is 0 Å². The van der Waals surface area contributed by atoms with Crippen molar-refractivity contribution in [1.29, 1.82) is 0 Å². The minimum atomic E-state index is 0.445. The lowest BCUT2D eigenvalue weighted by Gasteiger charge is -1.96. The second-order valence-electron chi connectivity index (χ2n) is 2.54. The molecule has 1 aromatic heterocycles. The summed E-state index contributed by atoms with van der Waals surface area (Å²) >= 11 is 1.36. The van der Waals surface area contributed by atoms with Crippen LogP contribution in [0.5, 0.6) is 0 Å². The molecular formula is C9H12N4S. The van der Waals surface area contributed by atoms with Crippen molar-refractivity contribution in [2.24, 2.45) is 15.9 Å². The first-order valence-corrected chi connectivity index (χ1v) is 5.29. The molecule has 0 aliphatic rings. The van der Waals surface area contributed by atoms with Gasteiger partial charge in [0.15, 0.2) is 5.17 Å². The number of nitrogens with zero attached hydrogens (tertiary/aromatic N) is 3. The molecule has 0 spiro atoms. The molecule has 0 atom stereocenters. The van der Waals surface area contributed by atoms with Crippen LogP contribution < -0.4 is 5.73 Å². The number of hydrogen-bond donors (Lipinski definition) is 1. The van der Waals surface area contributed by atoms with Crippen LogP contribution in [0.1, 0.15) is 12.6 Å². The van der Waals surface area contributed by atoms with Crippen LogP contribution >= 0.6 is 11.8 Å². The van der Waals surface area contributed by atoms with Gasteiger partial charge in [0.2, 0.25) is 0 Å². The van der Waals surface area contributed by atoms with Crippen molar-refractivity contribution in [3.63, 3.8) is 0 Å². The number of nitrogens with two attached hydrogens (primary N) is 1. The third kappa shape index (κ3) is 3.18. The van der Waals surface area contributed by atoms with Gasteiger partial charge in [-0.1, -0.05) is 17.8 Å². The Bertz CT molecular complexity index is 345. The largest absolute Gasteiger partial charge is 0.377 e. The number of amidine groups is 1. The number of rotatable bonds is 2. The maximum Gasteiger partial charge on any atom is 0.180 e. The van der Waals surface area contributed by atoms with E-state index in [1.165, 1.54) is 11.8 Å². The molecule has 14 heavy (non-hydrogen) atoms. The average molecular weight is 208 g/mol. The summed E-state index contributed by atoms with van der Waals surface area (Å²) < 4.78 is 0. The predicted octanol–water partition coefficient (Wildman–Crippen LogP) is 1.48. The number of hydrogen-bond acceptors (Lipinski definition) is 4. The van der Waals surface area contributed by atoms with E-state index in [1.54, 1.807) is 6.20 Å². The first kappa shape index (κ1) is 10.7. The van der Waals surface area contributed by atoms with Crippen molar-refractivity contribution in [3.05, 3.63) is 30.1 Å². The zero-order valence-electron chi connectivity index (χ0n) is 8.14. The summed E-state index contributed by atoms with van der Waals surface area (Å²) in [6.45, 7) is 1.85. The molecule has 0 bridgehead atoms. The number of thioether (sulfide) groups is 1. The van der Waals surface area contributed by atoms with Crippen molar-refractivity contribution in [3.8, 4) is 0 Å². The molecule has 0 aliphatic carbocycles. The summed E-state index contributed by atoms with van der Waals surface area (Å²) in [6, 6.07) is 5.64. The van der Waals surface area contributed by atoms with E-state index in [-0.39, 0.29) is 0 Å². The van der Waals surface area contributed by atoms with Gasteiger partial charge in [0.05, 0.1) is 11.4 Å². The van der Waals surface area contributed by atoms with Gasteiger partial charge in [-0.3, -0.25) is 4.98 Å². The summed E-state index contributed by atoms with van der Waals surface area (Å²) in [5.74, 6) is 0. The Kier molecular flexibility index (Phi) is 4.12. The average Bonchev–Trinajstić information content (AvgIpc) is 2.26. The topological polar surface area (TPSA) is 63.6 Å². The molecule has 0 aliphatic heterocycles. The molecule has 5 heteroatoms. The van der Waals surface area contributed by atoms with E-state index >= 15 is 0 Å². The van der Waals surface area contributed by atoms with Gasteiger partial charge >= 0.3 is 0 Å². The highest BCUT2D eigenvalue weighted by molar-refractivity contribution is 8.13. The minimum Gasteiger partial charge on any atom is -0.377 e. The Hall–Kier alpha value is -1.36. The Morgan fingerprint density at radius 3 is 2.79 bits per heavy atom. The SMILES string of the molecule is CS/C(N)=N/N=C(\C)c1ccccn1. The third-order valence-electron chi connectivity index (χ3n) is 1.54. The van der Waals surface area contributed by atoms with Crippen LogP contribution in [-0.2, 0) is 0 Å². The molecule has 0 amide bonds. The molecule has 0 fully saturated rings. The van der Waals surface area contributed by atoms with Crippen molar-refractivity contribution < 1.29 is 0 Å². The van der Waals surface area contributed by atoms with Crippen LogP contribution in [0, 0.1) is 0 Å². The monoisotopic (exact) mass is 208 g/mol. The van der Waals surface area contributed by atoms with E-state index in [9.17, 15) is 0 Å². The molecule has 0 aromatic carbocycles. The van der Waals surface area contributed by atoms with Gasteiger partial charge in [0, 0.05) is 6.20 Å². The van der Waals surface area contributed by atoms with Gasteiger partial charge in [-0.05, 0) is 25.3 Å². The maximum absolute atomic E-state index is 5.48. The molecule has 1 aromatic rings. The molecule has 4 nitrogen and oxygen atoms in total.